The topological polar surface area (TPSA) is 121 Å². The van der Waals surface area contributed by atoms with Crippen molar-refractivity contribution in [1.82, 2.24) is 14.2 Å². The molecule has 9 nitrogen and oxygen atoms in total. The molecule has 170 valence electrons. The Labute approximate surface area is 190 Å². The van der Waals surface area contributed by atoms with Crippen LogP contribution in [0, 0.1) is 0 Å². The molecule has 4 rings (SSSR count). The van der Waals surface area contributed by atoms with Crippen molar-refractivity contribution >= 4 is 27.5 Å². The van der Waals surface area contributed by atoms with Gasteiger partial charge in [0.05, 0.1) is 16.7 Å². The van der Waals surface area contributed by atoms with E-state index in [1.165, 1.54) is 49.5 Å². The van der Waals surface area contributed by atoms with E-state index in [1.807, 2.05) is 0 Å². The Morgan fingerprint density at radius 1 is 1.12 bits per heavy atom. The summed E-state index contributed by atoms with van der Waals surface area (Å²) in [5.41, 5.74) is 0.764. The fourth-order valence-electron chi connectivity index (χ4n) is 3.63. The maximum atomic E-state index is 13.0. The van der Waals surface area contributed by atoms with Crippen molar-refractivity contribution in [2.75, 3.05) is 14.1 Å². The SMILES string of the molecule is CN(C)S(=O)(=O)c1ccc(/C(O)=C2\C(=O)C(=O)N(Cc3cccnc3)[C@@H]2c2ccco2)cc1. The van der Waals surface area contributed by atoms with Gasteiger partial charge in [0.2, 0.25) is 10.0 Å². The van der Waals surface area contributed by atoms with Crippen LogP contribution in [0.3, 0.4) is 0 Å². The number of carbonyl (C=O) groups is 2. The van der Waals surface area contributed by atoms with Gasteiger partial charge in [-0.3, -0.25) is 14.6 Å². The van der Waals surface area contributed by atoms with E-state index in [1.54, 1.807) is 36.7 Å². The van der Waals surface area contributed by atoms with Gasteiger partial charge >= 0.3 is 0 Å². The van der Waals surface area contributed by atoms with E-state index in [0.717, 1.165) is 4.31 Å². The summed E-state index contributed by atoms with van der Waals surface area (Å²) in [4.78, 5) is 31.3. The summed E-state index contributed by atoms with van der Waals surface area (Å²) in [5.74, 6) is -1.75. The zero-order chi connectivity index (χ0) is 23.8. The number of pyridine rings is 1. The van der Waals surface area contributed by atoms with Crippen molar-refractivity contribution < 1.29 is 27.5 Å². The molecular weight excluding hydrogens is 446 g/mol. The van der Waals surface area contributed by atoms with E-state index in [0.29, 0.717) is 11.3 Å². The predicted octanol–water partition coefficient (Wildman–Crippen LogP) is 2.55. The van der Waals surface area contributed by atoms with Gasteiger partial charge in [-0.25, -0.2) is 12.7 Å². The van der Waals surface area contributed by atoms with Gasteiger partial charge in [-0.2, -0.15) is 0 Å². The van der Waals surface area contributed by atoms with Gasteiger partial charge < -0.3 is 14.4 Å². The number of aliphatic hydroxyl groups is 1. The minimum atomic E-state index is -3.66. The second-order valence-corrected chi connectivity index (χ2v) is 9.77. The maximum absolute atomic E-state index is 13.0. The normalized spacial score (nSPS) is 18.3. The Kier molecular flexibility index (Phi) is 5.88. The van der Waals surface area contributed by atoms with Gasteiger partial charge in [-0.05, 0) is 48.0 Å². The molecule has 3 heterocycles. The maximum Gasteiger partial charge on any atom is 0.296 e. The Balaban J connectivity index is 1.79. The molecule has 0 saturated carbocycles. The third kappa shape index (κ3) is 4.06. The van der Waals surface area contributed by atoms with Gasteiger partial charge in [0.15, 0.2) is 0 Å². The van der Waals surface area contributed by atoms with E-state index >= 15 is 0 Å². The van der Waals surface area contributed by atoms with Crippen LogP contribution >= 0.6 is 0 Å². The Morgan fingerprint density at radius 3 is 2.42 bits per heavy atom. The molecule has 1 saturated heterocycles. The van der Waals surface area contributed by atoms with E-state index in [2.05, 4.69) is 4.98 Å². The Morgan fingerprint density at radius 2 is 1.85 bits per heavy atom. The van der Waals surface area contributed by atoms with Crippen molar-refractivity contribution in [3.8, 4) is 0 Å². The first kappa shape index (κ1) is 22.4. The molecule has 1 aliphatic rings. The molecule has 0 aliphatic carbocycles. The molecule has 0 bridgehead atoms. The van der Waals surface area contributed by atoms with Crippen LogP contribution in [0.1, 0.15) is 22.9 Å². The van der Waals surface area contributed by atoms with Crippen molar-refractivity contribution in [3.05, 3.63) is 89.6 Å². The summed E-state index contributed by atoms with van der Waals surface area (Å²) in [6.45, 7) is 0.0839. The number of hydrogen-bond acceptors (Lipinski definition) is 7. The third-order valence-electron chi connectivity index (χ3n) is 5.33. The van der Waals surface area contributed by atoms with E-state index < -0.39 is 33.5 Å². The standard InChI is InChI=1S/C23H21N3O6S/c1-25(2)33(30,31)17-9-7-16(8-10-17)21(27)19-20(18-6-4-12-32-18)26(23(29)22(19)28)14-15-5-3-11-24-13-15/h3-13,20,27H,14H2,1-2H3/b21-19+/t20-/m1/s1. The summed E-state index contributed by atoms with van der Waals surface area (Å²) in [7, 11) is -0.836. The van der Waals surface area contributed by atoms with Crippen molar-refractivity contribution in [2.24, 2.45) is 0 Å². The number of hydrogen-bond donors (Lipinski definition) is 1. The quantitative estimate of drug-likeness (QED) is 0.336. The van der Waals surface area contributed by atoms with E-state index in [4.69, 9.17) is 4.42 Å². The lowest BCUT2D eigenvalue weighted by Gasteiger charge is -2.23. The summed E-state index contributed by atoms with van der Waals surface area (Å²) in [6.07, 6.45) is 4.60. The minimum Gasteiger partial charge on any atom is -0.507 e. The van der Waals surface area contributed by atoms with Crippen LogP contribution in [0.15, 0.2) is 82.1 Å². The van der Waals surface area contributed by atoms with Crippen LogP contribution in [0.4, 0.5) is 0 Å². The van der Waals surface area contributed by atoms with Gasteiger partial charge in [-0.1, -0.05) is 6.07 Å². The number of aromatic nitrogens is 1. The molecule has 1 atom stereocenters. The number of Topliss-reactive ketones (excluding diaryl/α,β-unsaturated/α-hetero) is 1. The summed E-state index contributed by atoms with van der Waals surface area (Å²) in [5, 5.41) is 11.0. The number of benzene rings is 1. The molecule has 33 heavy (non-hydrogen) atoms. The number of rotatable bonds is 6. The molecule has 1 aromatic carbocycles. The van der Waals surface area contributed by atoms with E-state index in [9.17, 15) is 23.1 Å². The average molecular weight is 468 g/mol. The van der Waals surface area contributed by atoms with Crippen molar-refractivity contribution in [3.63, 3.8) is 0 Å². The highest BCUT2D eigenvalue weighted by molar-refractivity contribution is 7.89. The molecule has 1 N–H and O–H groups in total. The van der Waals surface area contributed by atoms with Crippen LogP contribution in [0.25, 0.3) is 5.76 Å². The minimum absolute atomic E-state index is 0.0312. The van der Waals surface area contributed by atoms with E-state index in [-0.39, 0.29) is 22.6 Å². The fourth-order valence-corrected chi connectivity index (χ4v) is 4.53. The fraction of sp³-hybridized carbons (Fsp3) is 0.174. The van der Waals surface area contributed by atoms with Crippen LogP contribution in [-0.2, 0) is 26.2 Å². The van der Waals surface area contributed by atoms with Crippen molar-refractivity contribution in [2.45, 2.75) is 17.5 Å². The largest absolute Gasteiger partial charge is 0.507 e. The number of furan rings is 1. The number of aliphatic hydroxyl groups excluding tert-OH is 1. The molecule has 0 radical (unpaired) electrons. The Bertz CT molecular complexity index is 1310. The molecular formula is C23H21N3O6S. The molecule has 0 spiro atoms. The zero-order valence-electron chi connectivity index (χ0n) is 17.9. The van der Waals surface area contributed by atoms with Gasteiger partial charge in [-0.15, -0.1) is 0 Å². The highest BCUT2D eigenvalue weighted by Gasteiger charge is 2.47. The molecule has 0 unspecified atom stereocenters. The number of nitrogens with zero attached hydrogens (tertiary/aromatic N) is 3. The number of sulfonamides is 1. The second kappa shape index (κ2) is 8.64. The molecule has 3 aromatic rings. The van der Waals surface area contributed by atoms with Crippen LogP contribution in [0.5, 0.6) is 0 Å². The molecule has 2 aromatic heterocycles. The first-order valence-electron chi connectivity index (χ1n) is 9.95. The first-order chi connectivity index (χ1) is 15.7. The van der Waals surface area contributed by atoms with Gasteiger partial charge in [0, 0.05) is 38.6 Å². The number of ketones is 1. The molecule has 1 aliphatic heterocycles. The van der Waals surface area contributed by atoms with Gasteiger partial charge in [0.1, 0.15) is 17.6 Å². The van der Waals surface area contributed by atoms with Crippen LogP contribution in [-0.4, -0.2) is 53.5 Å². The lowest BCUT2D eigenvalue weighted by atomic mass is 9.99. The van der Waals surface area contributed by atoms with Gasteiger partial charge in [0.25, 0.3) is 11.7 Å². The smallest absolute Gasteiger partial charge is 0.296 e. The highest BCUT2D eigenvalue weighted by atomic mass is 32.2. The highest BCUT2D eigenvalue weighted by Crippen LogP contribution is 2.40. The lowest BCUT2D eigenvalue weighted by Crippen LogP contribution is -2.29. The summed E-state index contributed by atoms with van der Waals surface area (Å²) in [6, 6.07) is 11.2. The molecule has 1 amide bonds. The average Bonchev–Trinajstić information content (AvgIpc) is 3.42. The second-order valence-electron chi connectivity index (χ2n) is 7.62. The van der Waals surface area contributed by atoms with Crippen LogP contribution in [0.2, 0.25) is 0 Å². The Hall–Kier alpha value is -3.76. The summed E-state index contributed by atoms with van der Waals surface area (Å²) >= 11 is 0. The number of amides is 1. The van der Waals surface area contributed by atoms with Crippen LogP contribution < -0.4 is 0 Å². The summed E-state index contributed by atoms with van der Waals surface area (Å²) < 4.78 is 31.2. The number of carbonyl (C=O) groups excluding carboxylic acids is 2. The molecule has 1 fully saturated rings. The predicted molar refractivity (Wildman–Crippen MR) is 118 cm³/mol. The molecule has 10 heteroatoms. The lowest BCUT2D eigenvalue weighted by molar-refractivity contribution is -0.140. The van der Waals surface area contributed by atoms with Crippen molar-refractivity contribution in [1.29, 1.82) is 0 Å². The third-order valence-corrected chi connectivity index (χ3v) is 7.16. The number of likely N-dealkylation sites (tertiary alicyclic amines) is 1. The monoisotopic (exact) mass is 467 g/mol. The zero-order valence-corrected chi connectivity index (χ0v) is 18.7. The first-order valence-corrected chi connectivity index (χ1v) is 11.4.